The number of aryl methyl sites for hydroxylation is 1. The largest absolute Gasteiger partial charge is 0.481 e. The van der Waals surface area contributed by atoms with Gasteiger partial charge >= 0.3 is 5.97 Å². The fourth-order valence-corrected chi connectivity index (χ4v) is 1.48. The molecule has 6 nitrogen and oxygen atoms in total. The van der Waals surface area contributed by atoms with Crippen molar-refractivity contribution in [3.05, 3.63) is 33.7 Å². The monoisotopic (exact) mass is 252 g/mol. The van der Waals surface area contributed by atoms with E-state index in [1.165, 1.54) is 12.3 Å². The third kappa shape index (κ3) is 4.04. The van der Waals surface area contributed by atoms with Crippen LogP contribution in [0.5, 0.6) is 0 Å². The van der Waals surface area contributed by atoms with Gasteiger partial charge in [0.05, 0.1) is 0 Å². The Hall–Kier alpha value is -2.11. The van der Waals surface area contributed by atoms with Gasteiger partial charge in [-0.05, 0) is 12.8 Å². The van der Waals surface area contributed by atoms with E-state index in [4.69, 9.17) is 5.11 Å². The van der Waals surface area contributed by atoms with E-state index >= 15 is 0 Å². The van der Waals surface area contributed by atoms with Gasteiger partial charge in [-0.15, -0.1) is 0 Å². The number of aromatic amines is 1. The zero-order valence-electron chi connectivity index (χ0n) is 10.3. The molecule has 1 atom stereocenters. The summed E-state index contributed by atoms with van der Waals surface area (Å²) in [6.45, 7) is 3.66. The van der Waals surface area contributed by atoms with Crippen LogP contribution in [-0.2, 0) is 4.79 Å². The summed E-state index contributed by atoms with van der Waals surface area (Å²) < 4.78 is 0. The number of carbonyl (C=O) groups is 2. The molecule has 3 N–H and O–H groups in total. The van der Waals surface area contributed by atoms with Crippen LogP contribution >= 0.6 is 0 Å². The molecule has 0 saturated carbocycles. The molecule has 1 amide bonds. The second kappa shape index (κ2) is 6.00. The number of nitrogens with one attached hydrogen (secondary N) is 2. The molecule has 18 heavy (non-hydrogen) atoms. The number of hydrogen-bond donors (Lipinski definition) is 3. The highest BCUT2D eigenvalue weighted by atomic mass is 16.4. The lowest BCUT2D eigenvalue weighted by atomic mass is 10.1. The van der Waals surface area contributed by atoms with Crippen molar-refractivity contribution < 1.29 is 14.7 Å². The van der Waals surface area contributed by atoms with Gasteiger partial charge in [-0.25, -0.2) is 0 Å². The molecule has 1 unspecified atom stereocenters. The number of H-pyrrole nitrogens is 1. The Morgan fingerprint density at radius 3 is 2.72 bits per heavy atom. The van der Waals surface area contributed by atoms with Crippen LogP contribution in [0, 0.1) is 12.8 Å². The Morgan fingerprint density at radius 1 is 1.50 bits per heavy atom. The first-order valence-electron chi connectivity index (χ1n) is 5.59. The predicted molar refractivity (Wildman–Crippen MR) is 65.5 cm³/mol. The van der Waals surface area contributed by atoms with Crippen molar-refractivity contribution in [3.63, 3.8) is 0 Å². The number of pyridine rings is 1. The highest BCUT2D eigenvalue weighted by molar-refractivity contribution is 5.93. The molecule has 1 aromatic rings. The quantitative estimate of drug-likeness (QED) is 0.711. The zero-order valence-corrected chi connectivity index (χ0v) is 10.3. The maximum Gasteiger partial charge on any atom is 0.303 e. The number of hydrogen-bond acceptors (Lipinski definition) is 3. The smallest absolute Gasteiger partial charge is 0.303 e. The molecule has 1 aromatic heterocycles. The minimum atomic E-state index is -0.912. The summed E-state index contributed by atoms with van der Waals surface area (Å²) in [5.41, 5.74) is 0.355. The first-order valence-corrected chi connectivity index (χ1v) is 5.59. The van der Waals surface area contributed by atoms with Gasteiger partial charge in [0.15, 0.2) is 5.43 Å². The van der Waals surface area contributed by atoms with Gasteiger partial charge in [-0.3, -0.25) is 14.4 Å². The van der Waals surface area contributed by atoms with Crippen molar-refractivity contribution in [1.29, 1.82) is 0 Å². The lowest BCUT2D eigenvalue weighted by Crippen LogP contribution is -2.32. The van der Waals surface area contributed by atoms with Crippen molar-refractivity contribution in [2.75, 3.05) is 6.54 Å². The molecule has 0 radical (unpaired) electrons. The maximum atomic E-state index is 11.7. The highest BCUT2D eigenvalue weighted by Crippen LogP contribution is 2.00. The molecule has 0 fully saturated rings. The molecule has 0 bridgehead atoms. The standard InChI is InChI=1S/C12H16N2O4/c1-7(3-11(16)17)5-14-12(18)9-6-13-8(2)4-10(9)15/h4,6-7H,3,5H2,1-2H3,(H,13,15)(H,14,18)(H,16,17). The number of carboxylic acid groups (broad SMARTS) is 1. The number of rotatable bonds is 5. The topological polar surface area (TPSA) is 99.3 Å². The van der Waals surface area contributed by atoms with Gasteiger partial charge in [-0.1, -0.05) is 6.92 Å². The number of carboxylic acids is 1. The van der Waals surface area contributed by atoms with E-state index in [9.17, 15) is 14.4 Å². The van der Waals surface area contributed by atoms with E-state index in [1.54, 1.807) is 13.8 Å². The fourth-order valence-electron chi connectivity index (χ4n) is 1.48. The van der Waals surface area contributed by atoms with Crippen molar-refractivity contribution in [1.82, 2.24) is 10.3 Å². The van der Waals surface area contributed by atoms with E-state index in [2.05, 4.69) is 10.3 Å². The molecule has 0 aliphatic rings. The Morgan fingerprint density at radius 2 is 2.17 bits per heavy atom. The Labute approximate surface area is 104 Å². The summed E-state index contributed by atoms with van der Waals surface area (Å²) in [7, 11) is 0. The van der Waals surface area contributed by atoms with Crippen molar-refractivity contribution in [3.8, 4) is 0 Å². The lowest BCUT2D eigenvalue weighted by Gasteiger charge is -2.10. The Balaban J connectivity index is 2.61. The van der Waals surface area contributed by atoms with Crippen molar-refractivity contribution in [2.24, 2.45) is 5.92 Å². The summed E-state index contributed by atoms with van der Waals surface area (Å²) in [5.74, 6) is -1.59. The van der Waals surface area contributed by atoms with Crippen LogP contribution < -0.4 is 10.7 Å². The number of amides is 1. The molecule has 98 valence electrons. The molecule has 0 saturated heterocycles. The summed E-state index contributed by atoms with van der Waals surface area (Å²) in [6, 6.07) is 1.34. The fraction of sp³-hybridized carbons (Fsp3) is 0.417. The SMILES string of the molecule is Cc1cc(=O)c(C(=O)NCC(C)CC(=O)O)c[nH]1. The van der Waals surface area contributed by atoms with Gasteiger partial charge in [0.25, 0.3) is 5.91 Å². The molecule has 1 heterocycles. The van der Waals surface area contributed by atoms with Gasteiger partial charge in [0.2, 0.25) is 0 Å². The molecule has 1 rings (SSSR count). The van der Waals surface area contributed by atoms with Crippen molar-refractivity contribution >= 4 is 11.9 Å². The van der Waals surface area contributed by atoms with Gasteiger partial charge in [0.1, 0.15) is 5.56 Å². The zero-order chi connectivity index (χ0) is 13.7. The third-order valence-corrected chi connectivity index (χ3v) is 2.44. The average Bonchev–Trinajstić information content (AvgIpc) is 2.25. The van der Waals surface area contributed by atoms with Crippen molar-refractivity contribution in [2.45, 2.75) is 20.3 Å². The van der Waals surface area contributed by atoms with E-state index in [0.717, 1.165) is 0 Å². The van der Waals surface area contributed by atoms with Gasteiger partial charge in [-0.2, -0.15) is 0 Å². The van der Waals surface area contributed by atoms with E-state index in [-0.39, 0.29) is 29.9 Å². The first-order chi connectivity index (χ1) is 8.40. The van der Waals surface area contributed by atoms with E-state index in [1.807, 2.05) is 0 Å². The average molecular weight is 252 g/mol. The van der Waals surface area contributed by atoms with Crippen LogP contribution in [0.2, 0.25) is 0 Å². The number of aliphatic carboxylic acids is 1. The normalized spacial score (nSPS) is 11.9. The van der Waals surface area contributed by atoms with Gasteiger partial charge in [0, 0.05) is 30.9 Å². The molecule has 0 aliphatic carbocycles. The van der Waals surface area contributed by atoms with Crippen LogP contribution in [0.4, 0.5) is 0 Å². The minimum Gasteiger partial charge on any atom is -0.481 e. The van der Waals surface area contributed by atoms with E-state index < -0.39 is 11.9 Å². The van der Waals surface area contributed by atoms with Crippen LogP contribution in [0.25, 0.3) is 0 Å². The Bertz CT molecular complexity index is 507. The Kier molecular flexibility index (Phi) is 4.65. The molecular formula is C12H16N2O4. The summed E-state index contributed by atoms with van der Waals surface area (Å²) in [6.07, 6.45) is 1.33. The number of aromatic nitrogens is 1. The maximum absolute atomic E-state index is 11.7. The number of carbonyl (C=O) groups excluding carboxylic acids is 1. The minimum absolute atomic E-state index is 0.0233. The molecular weight excluding hydrogens is 236 g/mol. The molecule has 0 aliphatic heterocycles. The lowest BCUT2D eigenvalue weighted by molar-refractivity contribution is -0.137. The van der Waals surface area contributed by atoms with Crippen LogP contribution in [0.15, 0.2) is 17.1 Å². The second-order valence-corrected chi connectivity index (χ2v) is 4.31. The summed E-state index contributed by atoms with van der Waals surface area (Å²) >= 11 is 0. The highest BCUT2D eigenvalue weighted by Gasteiger charge is 2.13. The van der Waals surface area contributed by atoms with Crippen LogP contribution in [-0.4, -0.2) is 28.5 Å². The summed E-state index contributed by atoms with van der Waals surface area (Å²) in [4.78, 5) is 36.5. The van der Waals surface area contributed by atoms with Crippen LogP contribution in [0.1, 0.15) is 29.4 Å². The molecule has 0 spiro atoms. The first kappa shape index (κ1) is 14.0. The van der Waals surface area contributed by atoms with Crippen LogP contribution in [0.3, 0.4) is 0 Å². The third-order valence-electron chi connectivity index (χ3n) is 2.44. The molecule has 6 heteroatoms. The van der Waals surface area contributed by atoms with E-state index in [0.29, 0.717) is 5.69 Å². The summed E-state index contributed by atoms with van der Waals surface area (Å²) in [5, 5.41) is 11.1. The molecule has 0 aromatic carbocycles. The van der Waals surface area contributed by atoms with Gasteiger partial charge < -0.3 is 15.4 Å². The predicted octanol–water partition coefficient (Wildman–Crippen LogP) is 0.524. The second-order valence-electron chi connectivity index (χ2n) is 4.31.